The molecule has 0 atom stereocenters. The van der Waals surface area contributed by atoms with Crippen LogP contribution in [0.15, 0.2) is 72.8 Å². The Hall–Kier alpha value is -3.93. The lowest BCUT2D eigenvalue weighted by Crippen LogP contribution is -2.14. The van der Waals surface area contributed by atoms with Crippen LogP contribution in [0.4, 0.5) is 18.9 Å². The first kappa shape index (κ1) is 28.6. The fourth-order valence-electron chi connectivity index (χ4n) is 3.46. The largest absolute Gasteiger partial charge is 0.493 e. The standard InChI is InChI=1S/C28H21Cl2F3N2O3/c1-3-5-19-10-18(13-25(37-2)26(19)38-16-17-8-9-23(29)24(30)12-17)11-20(15-34)27(36)35-22-7-4-6-21(14-22)28(31,32)33/h3-4,6-14H,1,5,16H2,2H3,(H,35,36)/b20-11-. The maximum atomic E-state index is 13.0. The molecule has 10 heteroatoms. The average molecular weight is 561 g/mol. The van der Waals surface area contributed by atoms with Gasteiger partial charge in [0.2, 0.25) is 0 Å². The highest BCUT2D eigenvalue weighted by molar-refractivity contribution is 6.42. The van der Waals surface area contributed by atoms with Gasteiger partial charge in [-0.1, -0.05) is 41.4 Å². The van der Waals surface area contributed by atoms with Gasteiger partial charge in [0.1, 0.15) is 18.2 Å². The molecule has 0 saturated carbocycles. The molecule has 0 unspecified atom stereocenters. The van der Waals surface area contributed by atoms with Crippen LogP contribution in [0.25, 0.3) is 6.08 Å². The van der Waals surface area contributed by atoms with Crippen molar-refractivity contribution in [1.29, 1.82) is 5.26 Å². The minimum atomic E-state index is -4.57. The zero-order valence-corrected chi connectivity index (χ0v) is 21.5. The molecule has 0 radical (unpaired) electrons. The molecule has 0 fully saturated rings. The van der Waals surface area contributed by atoms with Crippen molar-refractivity contribution in [3.05, 3.63) is 105 Å². The third-order valence-electron chi connectivity index (χ3n) is 5.23. The highest BCUT2D eigenvalue weighted by Crippen LogP contribution is 2.36. The van der Waals surface area contributed by atoms with Crippen molar-refractivity contribution in [2.75, 3.05) is 12.4 Å². The number of nitrogens with zero attached hydrogens (tertiary/aromatic N) is 1. The summed E-state index contributed by atoms with van der Waals surface area (Å²) in [5.41, 5.74) is 0.541. The summed E-state index contributed by atoms with van der Waals surface area (Å²) < 4.78 is 50.5. The Balaban J connectivity index is 1.89. The van der Waals surface area contributed by atoms with Gasteiger partial charge in [-0.3, -0.25) is 4.79 Å². The van der Waals surface area contributed by atoms with E-state index in [1.165, 1.54) is 19.3 Å². The van der Waals surface area contributed by atoms with E-state index >= 15 is 0 Å². The van der Waals surface area contributed by atoms with E-state index in [0.29, 0.717) is 39.1 Å². The van der Waals surface area contributed by atoms with Crippen LogP contribution in [-0.4, -0.2) is 13.0 Å². The Bertz CT molecular complexity index is 1430. The summed E-state index contributed by atoms with van der Waals surface area (Å²) >= 11 is 12.1. The summed E-state index contributed by atoms with van der Waals surface area (Å²) in [5.74, 6) is -0.0928. The van der Waals surface area contributed by atoms with E-state index in [4.69, 9.17) is 32.7 Å². The number of benzene rings is 3. The molecule has 38 heavy (non-hydrogen) atoms. The van der Waals surface area contributed by atoms with Crippen molar-refractivity contribution >= 4 is 40.9 Å². The molecule has 0 heterocycles. The number of amides is 1. The number of allylic oxidation sites excluding steroid dienone is 1. The van der Waals surface area contributed by atoms with Gasteiger partial charge in [0.25, 0.3) is 5.91 Å². The van der Waals surface area contributed by atoms with Crippen molar-refractivity contribution in [2.24, 2.45) is 0 Å². The molecular formula is C28H21Cl2F3N2O3. The Labute approximate surface area is 227 Å². The number of nitrogens with one attached hydrogen (secondary N) is 1. The van der Waals surface area contributed by atoms with Crippen LogP contribution in [0, 0.1) is 11.3 Å². The molecular weight excluding hydrogens is 540 g/mol. The zero-order chi connectivity index (χ0) is 27.9. The van der Waals surface area contributed by atoms with E-state index in [1.54, 1.807) is 42.5 Å². The number of rotatable bonds is 9. The fraction of sp³-hybridized carbons (Fsp3) is 0.143. The highest BCUT2D eigenvalue weighted by atomic mass is 35.5. The van der Waals surface area contributed by atoms with Crippen molar-refractivity contribution in [3.63, 3.8) is 0 Å². The molecule has 0 spiro atoms. The predicted molar refractivity (Wildman–Crippen MR) is 141 cm³/mol. The summed E-state index contributed by atoms with van der Waals surface area (Å²) in [7, 11) is 1.44. The first-order chi connectivity index (χ1) is 18.0. The molecule has 0 aromatic heterocycles. The van der Waals surface area contributed by atoms with Gasteiger partial charge in [0.15, 0.2) is 11.5 Å². The molecule has 3 rings (SSSR count). The molecule has 196 valence electrons. The maximum absolute atomic E-state index is 13.0. The Morgan fingerprint density at radius 3 is 2.53 bits per heavy atom. The summed E-state index contributed by atoms with van der Waals surface area (Å²) in [5, 5.41) is 12.7. The van der Waals surface area contributed by atoms with E-state index in [0.717, 1.165) is 23.8 Å². The Morgan fingerprint density at radius 1 is 1.13 bits per heavy atom. The molecule has 5 nitrogen and oxygen atoms in total. The SMILES string of the molecule is C=CCc1cc(/C=C(/C#N)C(=O)Nc2cccc(C(F)(F)F)c2)cc(OC)c1OCc1ccc(Cl)c(Cl)c1. The number of alkyl halides is 3. The van der Waals surface area contributed by atoms with Gasteiger partial charge < -0.3 is 14.8 Å². The van der Waals surface area contributed by atoms with E-state index in [2.05, 4.69) is 11.9 Å². The Kier molecular flexibility index (Phi) is 9.45. The number of nitriles is 1. The minimum Gasteiger partial charge on any atom is -0.493 e. The van der Waals surface area contributed by atoms with Crippen molar-refractivity contribution in [2.45, 2.75) is 19.2 Å². The topological polar surface area (TPSA) is 71.4 Å². The predicted octanol–water partition coefficient (Wildman–Crippen LogP) is 7.87. The molecule has 0 aliphatic heterocycles. The van der Waals surface area contributed by atoms with Crippen LogP contribution >= 0.6 is 23.2 Å². The van der Waals surface area contributed by atoms with Gasteiger partial charge in [-0.2, -0.15) is 18.4 Å². The Morgan fingerprint density at radius 2 is 1.89 bits per heavy atom. The number of carbonyl (C=O) groups excluding carboxylic acids is 1. The smallest absolute Gasteiger partial charge is 0.416 e. The number of carbonyl (C=O) groups is 1. The second-order valence-electron chi connectivity index (χ2n) is 7.94. The molecule has 0 saturated heterocycles. The van der Waals surface area contributed by atoms with Crippen molar-refractivity contribution < 1.29 is 27.4 Å². The third kappa shape index (κ3) is 7.31. The molecule has 1 N–H and O–H groups in total. The van der Waals surface area contributed by atoms with E-state index < -0.39 is 17.6 Å². The lowest BCUT2D eigenvalue weighted by Gasteiger charge is -2.16. The number of halogens is 5. The zero-order valence-electron chi connectivity index (χ0n) is 20.0. The molecule has 0 aliphatic carbocycles. The molecule has 1 amide bonds. The minimum absolute atomic E-state index is 0.0954. The van der Waals surface area contributed by atoms with Crippen LogP contribution in [0.5, 0.6) is 11.5 Å². The van der Waals surface area contributed by atoms with Gasteiger partial charge in [-0.15, -0.1) is 6.58 Å². The second-order valence-corrected chi connectivity index (χ2v) is 8.76. The number of anilines is 1. The quantitative estimate of drug-likeness (QED) is 0.164. The normalized spacial score (nSPS) is 11.4. The van der Waals surface area contributed by atoms with Gasteiger partial charge in [0, 0.05) is 11.3 Å². The van der Waals surface area contributed by atoms with Crippen molar-refractivity contribution in [1.82, 2.24) is 0 Å². The van der Waals surface area contributed by atoms with Crippen LogP contribution in [0.1, 0.15) is 22.3 Å². The summed E-state index contributed by atoms with van der Waals surface area (Å²) in [6.45, 7) is 3.92. The molecule has 0 bridgehead atoms. The van der Waals surface area contributed by atoms with E-state index in [1.807, 2.05) is 0 Å². The summed E-state index contributed by atoms with van der Waals surface area (Å²) in [4.78, 5) is 12.7. The van der Waals surface area contributed by atoms with E-state index in [-0.39, 0.29) is 17.9 Å². The van der Waals surface area contributed by atoms with Gasteiger partial charge in [0.05, 0.1) is 22.7 Å². The molecule has 3 aromatic rings. The average Bonchev–Trinajstić information content (AvgIpc) is 2.88. The monoisotopic (exact) mass is 560 g/mol. The van der Waals surface area contributed by atoms with Gasteiger partial charge in [-0.25, -0.2) is 0 Å². The number of methoxy groups -OCH3 is 1. The fourth-order valence-corrected chi connectivity index (χ4v) is 3.78. The maximum Gasteiger partial charge on any atom is 0.416 e. The van der Waals surface area contributed by atoms with Crippen LogP contribution in [0.3, 0.4) is 0 Å². The third-order valence-corrected chi connectivity index (χ3v) is 5.97. The van der Waals surface area contributed by atoms with Crippen LogP contribution in [-0.2, 0) is 24.0 Å². The van der Waals surface area contributed by atoms with Gasteiger partial charge >= 0.3 is 6.18 Å². The number of ether oxygens (including phenoxy) is 2. The van der Waals surface area contributed by atoms with E-state index in [9.17, 15) is 23.2 Å². The molecule has 3 aromatic carbocycles. The lowest BCUT2D eigenvalue weighted by atomic mass is 10.0. The van der Waals surface area contributed by atoms with Crippen LogP contribution in [0.2, 0.25) is 10.0 Å². The highest BCUT2D eigenvalue weighted by Gasteiger charge is 2.30. The first-order valence-electron chi connectivity index (χ1n) is 11.0. The van der Waals surface area contributed by atoms with Gasteiger partial charge in [-0.05, 0) is 66.1 Å². The summed E-state index contributed by atoms with van der Waals surface area (Å²) in [6, 6.07) is 14.3. The number of hydrogen-bond donors (Lipinski definition) is 1. The summed E-state index contributed by atoms with van der Waals surface area (Å²) in [6.07, 6.45) is -1.23. The second kappa shape index (κ2) is 12.5. The lowest BCUT2D eigenvalue weighted by molar-refractivity contribution is -0.137. The number of hydrogen-bond acceptors (Lipinski definition) is 4. The van der Waals surface area contributed by atoms with Crippen molar-refractivity contribution in [3.8, 4) is 17.6 Å². The van der Waals surface area contributed by atoms with Crippen LogP contribution < -0.4 is 14.8 Å². The first-order valence-corrected chi connectivity index (χ1v) is 11.8. The molecule has 0 aliphatic rings.